The van der Waals surface area contributed by atoms with Gasteiger partial charge in [0.1, 0.15) is 11.5 Å². The zero-order chi connectivity index (χ0) is 27.8. The van der Waals surface area contributed by atoms with Gasteiger partial charge in [0.25, 0.3) is 5.91 Å². The number of carbonyl (C=O) groups is 1. The Morgan fingerprint density at radius 1 is 0.780 bits per heavy atom. The second kappa shape index (κ2) is 10.4. The van der Waals surface area contributed by atoms with E-state index in [0.29, 0.717) is 5.69 Å². The number of benzene rings is 3. The van der Waals surface area contributed by atoms with E-state index in [9.17, 15) is 4.79 Å². The second-order valence-corrected chi connectivity index (χ2v) is 10.3. The largest absolute Gasteiger partial charge is 0.368 e. The Morgan fingerprint density at radius 2 is 1.51 bits per heavy atom. The molecular formula is C33H29N7O. The summed E-state index contributed by atoms with van der Waals surface area (Å²) < 4.78 is 1.92. The normalized spacial score (nSPS) is 13.6. The van der Waals surface area contributed by atoms with Crippen LogP contribution in [0.25, 0.3) is 33.1 Å². The molecule has 202 valence electrons. The van der Waals surface area contributed by atoms with Crippen LogP contribution in [0.2, 0.25) is 0 Å². The third kappa shape index (κ3) is 4.84. The Hall–Kier alpha value is -5.24. The Labute approximate surface area is 237 Å². The van der Waals surface area contributed by atoms with E-state index >= 15 is 0 Å². The van der Waals surface area contributed by atoms with Gasteiger partial charge >= 0.3 is 0 Å². The van der Waals surface area contributed by atoms with Crippen molar-refractivity contribution in [2.24, 2.45) is 7.05 Å². The van der Waals surface area contributed by atoms with Gasteiger partial charge in [-0.15, -0.1) is 0 Å². The van der Waals surface area contributed by atoms with Gasteiger partial charge in [0, 0.05) is 67.9 Å². The quantitative estimate of drug-likeness (QED) is 0.300. The van der Waals surface area contributed by atoms with Crippen molar-refractivity contribution in [1.29, 1.82) is 0 Å². The van der Waals surface area contributed by atoms with Gasteiger partial charge < -0.3 is 19.7 Å². The highest BCUT2D eigenvalue weighted by Gasteiger charge is 2.19. The van der Waals surface area contributed by atoms with Crippen LogP contribution in [0.3, 0.4) is 0 Å². The molecule has 1 aliphatic heterocycles. The molecule has 1 saturated heterocycles. The fraction of sp³-hybridized carbons (Fsp3) is 0.152. The first-order valence-electron chi connectivity index (χ1n) is 13.8. The monoisotopic (exact) mass is 539 g/mol. The lowest BCUT2D eigenvalue weighted by atomic mass is 10.0. The van der Waals surface area contributed by atoms with Gasteiger partial charge in [-0.2, -0.15) is 0 Å². The van der Waals surface area contributed by atoms with Gasteiger partial charge in [0.05, 0.1) is 17.2 Å². The van der Waals surface area contributed by atoms with Gasteiger partial charge in [-0.3, -0.25) is 14.8 Å². The third-order valence-electron chi connectivity index (χ3n) is 7.82. The van der Waals surface area contributed by atoms with Crippen molar-refractivity contribution in [1.82, 2.24) is 19.5 Å². The summed E-state index contributed by atoms with van der Waals surface area (Å²) in [4.78, 5) is 31.5. The summed E-state index contributed by atoms with van der Waals surface area (Å²) in [5.41, 5.74) is 7.44. The van der Waals surface area contributed by atoms with Gasteiger partial charge in [0.15, 0.2) is 0 Å². The van der Waals surface area contributed by atoms with Crippen molar-refractivity contribution < 1.29 is 4.79 Å². The number of amides is 1. The van der Waals surface area contributed by atoms with Crippen LogP contribution in [0.5, 0.6) is 0 Å². The molecule has 1 amide bonds. The van der Waals surface area contributed by atoms with Gasteiger partial charge in [-0.1, -0.05) is 36.4 Å². The molecule has 1 N–H and O–H groups in total. The maximum absolute atomic E-state index is 13.0. The minimum atomic E-state index is -0.133. The zero-order valence-electron chi connectivity index (χ0n) is 22.7. The smallest absolute Gasteiger partial charge is 0.272 e. The van der Waals surface area contributed by atoms with Crippen LogP contribution in [0, 0.1) is 0 Å². The molecule has 0 spiro atoms. The van der Waals surface area contributed by atoms with Crippen LogP contribution in [-0.2, 0) is 7.05 Å². The molecule has 1 fully saturated rings. The minimum absolute atomic E-state index is 0.133. The van der Waals surface area contributed by atoms with Crippen molar-refractivity contribution in [3.05, 3.63) is 109 Å². The number of anilines is 3. The molecule has 4 heterocycles. The number of fused-ring (bicyclic) bond motifs is 2. The third-order valence-corrected chi connectivity index (χ3v) is 7.82. The molecule has 0 bridgehead atoms. The maximum Gasteiger partial charge on any atom is 0.272 e. The topological polar surface area (TPSA) is 79.2 Å². The van der Waals surface area contributed by atoms with Crippen molar-refractivity contribution >= 4 is 45.0 Å². The standard InChI is InChI=1S/C33H29N7O/c1-38-30-5-3-2-4-25(30)21-31(38)33(41)36-26-9-6-23(7-10-26)24-8-11-28-29(20-24)37-32(22-35-28)40-18-16-39(17-19-40)27-12-14-34-15-13-27/h2-15,20-22H,16-19H2,1H3,(H,36,41). The first-order valence-corrected chi connectivity index (χ1v) is 13.8. The van der Waals surface area contributed by atoms with Crippen LogP contribution in [0.15, 0.2) is 104 Å². The van der Waals surface area contributed by atoms with Crippen molar-refractivity contribution in [2.45, 2.75) is 0 Å². The summed E-state index contributed by atoms with van der Waals surface area (Å²) in [6, 6.07) is 28.1. The second-order valence-electron chi connectivity index (χ2n) is 10.3. The first-order chi connectivity index (χ1) is 20.1. The van der Waals surface area contributed by atoms with Gasteiger partial charge in [-0.05, 0) is 59.7 Å². The summed E-state index contributed by atoms with van der Waals surface area (Å²) in [6.07, 6.45) is 5.55. The van der Waals surface area contributed by atoms with Crippen molar-refractivity contribution in [2.75, 3.05) is 41.3 Å². The number of nitrogens with one attached hydrogen (secondary N) is 1. The summed E-state index contributed by atoms with van der Waals surface area (Å²) in [5, 5.41) is 4.08. The summed E-state index contributed by atoms with van der Waals surface area (Å²) in [7, 11) is 1.91. The number of para-hydroxylation sites is 1. The number of pyridine rings is 1. The number of aromatic nitrogens is 4. The number of hydrogen-bond donors (Lipinski definition) is 1. The van der Waals surface area contributed by atoms with E-state index < -0.39 is 0 Å². The van der Waals surface area contributed by atoms with Crippen LogP contribution < -0.4 is 15.1 Å². The van der Waals surface area contributed by atoms with Crippen molar-refractivity contribution in [3.8, 4) is 11.1 Å². The molecule has 0 aliphatic carbocycles. The first kappa shape index (κ1) is 24.8. The number of piperazine rings is 1. The average molecular weight is 540 g/mol. The summed E-state index contributed by atoms with van der Waals surface area (Å²) in [5.74, 6) is 0.766. The minimum Gasteiger partial charge on any atom is -0.368 e. The Balaban J connectivity index is 1.06. The van der Waals surface area contributed by atoms with Crippen LogP contribution in [-0.4, -0.2) is 51.6 Å². The van der Waals surface area contributed by atoms with Crippen LogP contribution >= 0.6 is 0 Å². The van der Waals surface area contributed by atoms with Gasteiger partial charge in [-0.25, -0.2) is 4.98 Å². The Morgan fingerprint density at radius 3 is 2.29 bits per heavy atom. The van der Waals surface area contributed by atoms with E-state index in [1.54, 1.807) is 0 Å². The number of carbonyl (C=O) groups excluding carboxylic acids is 1. The lowest BCUT2D eigenvalue weighted by Crippen LogP contribution is -2.46. The average Bonchev–Trinajstić information content (AvgIpc) is 3.38. The Bertz CT molecular complexity index is 1860. The lowest BCUT2D eigenvalue weighted by molar-refractivity contribution is 0.101. The molecule has 0 saturated carbocycles. The molecule has 3 aromatic heterocycles. The highest BCUT2D eigenvalue weighted by atomic mass is 16.1. The van der Waals surface area contributed by atoms with E-state index in [4.69, 9.17) is 9.97 Å². The summed E-state index contributed by atoms with van der Waals surface area (Å²) >= 11 is 0. The highest BCUT2D eigenvalue weighted by Crippen LogP contribution is 2.27. The van der Waals surface area contributed by atoms with Crippen LogP contribution in [0.4, 0.5) is 17.2 Å². The molecular weight excluding hydrogens is 510 g/mol. The summed E-state index contributed by atoms with van der Waals surface area (Å²) in [6.45, 7) is 3.61. The van der Waals surface area contributed by atoms with E-state index in [2.05, 4.69) is 44.4 Å². The number of aryl methyl sites for hydroxylation is 1. The van der Waals surface area contributed by atoms with Gasteiger partial charge in [0.2, 0.25) is 0 Å². The molecule has 0 unspecified atom stereocenters. The highest BCUT2D eigenvalue weighted by molar-refractivity contribution is 6.06. The predicted octanol–water partition coefficient (Wildman–Crippen LogP) is 5.76. The molecule has 0 radical (unpaired) electrons. The number of nitrogens with zero attached hydrogens (tertiary/aromatic N) is 6. The molecule has 6 aromatic rings. The molecule has 8 heteroatoms. The lowest BCUT2D eigenvalue weighted by Gasteiger charge is -2.36. The molecule has 3 aromatic carbocycles. The molecule has 8 nitrogen and oxygen atoms in total. The van der Waals surface area contributed by atoms with E-state index in [1.165, 1.54) is 5.69 Å². The number of hydrogen-bond acceptors (Lipinski definition) is 6. The zero-order valence-corrected chi connectivity index (χ0v) is 22.7. The molecule has 41 heavy (non-hydrogen) atoms. The fourth-order valence-electron chi connectivity index (χ4n) is 5.53. The van der Waals surface area contributed by atoms with E-state index in [-0.39, 0.29) is 5.91 Å². The fourth-order valence-corrected chi connectivity index (χ4v) is 5.53. The van der Waals surface area contributed by atoms with E-state index in [1.807, 2.05) is 90.9 Å². The number of rotatable bonds is 5. The van der Waals surface area contributed by atoms with Crippen molar-refractivity contribution in [3.63, 3.8) is 0 Å². The molecule has 0 atom stereocenters. The molecule has 7 rings (SSSR count). The maximum atomic E-state index is 13.0. The van der Waals surface area contributed by atoms with E-state index in [0.717, 1.165) is 70.7 Å². The SMILES string of the molecule is Cn1c(C(=O)Nc2ccc(-c3ccc4ncc(N5CCN(c6ccncc6)CC5)nc4c3)cc2)cc2ccccc21. The predicted molar refractivity (Wildman–Crippen MR) is 165 cm³/mol. The molecule has 1 aliphatic rings. The Kier molecular flexibility index (Phi) is 6.28. The van der Waals surface area contributed by atoms with Crippen LogP contribution in [0.1, 0.15) is 10.5 Å².